The lowest BCUT2D eigenvalue weighted by molar-refractivity contribution is 0.570. The van der Waals surface area contributed by atoms with Crippen LogP contribution in [0.5, 0.6) is 0 Å². The van der Waals surface area contributed by atoms with Gasteiger partial charge in [-0.05, 0) is 19.3 Å². The van der Waals surface area contributed by atoms with E-state index in [4.69, 9.17) is 0 Å². The maximum Gasteiger partial charge on any atom is 0.0896 e. The molecule has 0 bridgehead atoms. The molecule has 0 aliphatic heterocycles. The van der Waals surface area contributed by atoms with Gasteiger partial charge in [0.1, 0.15) is 0 Å². The molecular formula is C13H23NS. The lowest BCUT2D eigenvalue weighted by Gasteiger charge is -2.07. The monoisotopic (exact) mass is 225 g/mol. The maximum atomic E-state index is 4.31. The molecule has 1 rings (SSSR count). The number of rotatable bonds is 7. The summed E-state index contributed by atoms with van der Waals surface area (Å²) in [7, 11) is 0. The Morgan fingerprint density at radius 3 is 2.60 bits per heavy atom. The number of unbranched alkanes of at least 4 members (excludes halogenated alkanes) is 4. The second kappa shape index (κ2) is 7.00. The van der Waals surface area contributed by atoms with Crippen molar-refractivity contribution >= 4 is 11.3 Å². The van der Waals surface area contributed by atoms with Gasteiger partial charge in [-0.3, -0.25) is 0 Å². The second-order valence-electron chi connectivity index (χ2n) is 4.39. The van der Waals surface area contributed by atoms with Gasteiger partial charge in [-0.1, -0.05) is 46.0 Å². The summed E-state index contributed by atoms with van der Waals surface area (Å²) in [5.41, 5.74) is 0. The second-order valence-corrected chi connectivity index (χ2v) is 5.65. The van der Waals surface area contributed by atoms with Crippen molar-refractivity contribution in [1.29, 1.82) is 0 Å². The van der Waals surface area contributed by atoms with Crippen LogP contribution < -0.4 is 0 Å². The predicted octanol–water partition coefficient (Wildman–Crippen LogP) is 4.92. The van der Waals surface area contributed by atoms with Crippen molar-refractivity contribution in [2.24, 2.45) is 0 Å². The zero-order valence-electron chi connectivity index (χ0n) is 10.3. The largest absolute Gasteiger partial charge is 0.250 e. The molecule has 15 heavy (non-hydrogen) atoms. The van der Waals surface area contributed by atoms with E-state index in [1.165, 1.54) is 48.4 Å². The summed E-state index contributed by atoms with van der Waals surface area (Å²) < 4.78 is 0. The van der Waals surface area contributed by atoms with Crippen molar-refractivity contribution in [3.63, 3.8) is 0 Å². The Balaban J connectivity index is 2.16. The van der Waals surface area contributed by atoms with Crippen molar-refractivity contribution < 1.29 is 0 Å². The highest BCUT2D eigenvalue weighted by molar-refractivity contribution is 7.11. The molecule has 0 fully saturated rings. The predicted molar refractivity (Wildman–Crippen MR) is 68.6 cm³/mol. The minimum Gasteiger partial charge on any atom is -0.250 e. The Labute approximate surface area is 97.9 Å². The highest BCUT2D eigenvalue weighted by Gasteiger charge is 2.07. The van der Waals surface area contributed by atoms with Crippen LogP contribution in [-0.4, -0.2) is 4.98 Å². The fourth-order valence-corrected chi connectivity index (χ4v) is 2.67. The van der Waals surface area contributed by atoms with Crippen molar-refractivity contribution in [3.05, 3.63) is 16.1 Å². The molecule has 1 heterocycles. The molecule has 0 aliphatic carbocycles. The lowest BCUT2D eigenvalue weighted by Crippen LogP contribution is -1.90. The van der Waals surface area contributed by atoms with E-state index in [0.29, 0.717) is 5.92 Å². The van der Waals surface area contributed by atoms with Crippen LogP contribution in [0.4, 0.5) is 0 Å². The number of aromatic nitrogens is 1. The van der Waals surface area contributed by atoms with Crippen molar-refractivity contribution in [2.75, 3.05) is 0 Å². The molecule has 0 aliphatic rings. The van der Waals surface area contributed by atoms with Gasteiger partial charge in [0.05, 0.1) is 5.01 Å². The molecule has 0 saturated heterocycles. The van der Waals surface area contributed by atoms with E-state index >= 15 is 0 Å². The molecule has 1 aromatic rings. The molecule has 0 spiro atoms. The number of nitrogens with zero attached hydrogens (tertiary/aromatic N) is 1. The molecule has 0 aromatic carbocycles. The average Bonchev–Trinajstić information content (AvgIpc) is 2.64. The summed E-state index contributed by atoms with van der Waals surface area (Å²) in [6, 6.07) is 0. The standard InChI is InChI=1S/C13H23NS/c1-4-5-6-7-8-9-11(2)13-10-14-12(3)15-13/h10-11H,4-9H2,1-3H3. The van der Waals surface area contributed by atoms with Crippen LogP contribution in [0.15, 0.2) is 6.20 Å². The van der Waals surface area contributed by atoms with Crippen LogP contribution in [0.3, 0.4) is 0 Å². The molecule has 86 valence electrons. The van der Waals surface area contributed by atoms with Gasteiger partial charge in [-0.15, -0.1) is 11.3 Å². The van der Waals surface area contributed by atoms with E-state index in [0.717, 1.165) is 0 Å². The van der Waals surface area contributed by atoms with Gasteiger partial charge >= 0.3 is 0 Å². The summed E-state index contributed by atoms with van der Waals surface area (Å²) >= 11 is 1.85. The molecule has 0 saturated carbocycles. The van der Waals surface area contributed by atoms with Crippen LogP contribution in [0.1, 0.15) is 68.2 Å². The minimum atomic E-state index is 0.706. The van der Waals surface area contributed by atoms with Crippen LogP contribution >= 0.6 is 11.3 Å². The maximum absolute atomic E-state index is 4.31. The van der Waals surface area contributed by atoms with Gasteiger partial charge in [0.2, 0.25) is 0 Å². The van der Waals surface area contributed by atoms with Gasteiger partial charge in [0.25, 0.3) is 0 Å². The van der Waals surface area contributed by atoms with E-state index in [1.807, 2.05) is 11.3 Å². The summed E-state index contributed by atoms with van der Waals surface area (Å²) in [4.78, 5) is 5.77. The van der Waals surface area contributed by atoms with Crippen molar-refractivity contribution in [1.82, 2.24) is 4.98 Å². The number of aryl methyl sites for hydroxylation is 1. The quantitative estimate of drug-likeness (QED) is 0.600. The molecule has 0 radical (unpaired) electrons. The van der Waals surface area contributed by atoms with Crippen molar-refractivity contribution in [2.45, 2.75) is 65.2 Å². The van der Waals surface area contributed by atoms with E-state index in [2.05, 4.69) is 32.0 Å². The Bertz CT molecular complexity index is 267. The molecule has 0 N–H and O–H groups in total. The zero-order valence-corrected chi connectivity index (χ0v) is 11.1. The number of hydrogen-bond acceptors (Lipinski definition) is 2. The first-order valence-corrected chi connectivity index (χ1v) is 6.98. The van der Waals surface area contributed by atoms with E-state index in [-0.39, 0.29) is 0 Å². The number of hydrogen-bond donors (Lipinski definition) is 0. The smallest absolute Gasteiger partial charge is 0.0896 e. The molecule has 1 aromatic heterocycles. The Kier molecular flexibility index (Phi) is 5.92. The third-order valence-corrected chi connectivity index (χ3v) is 4.01. The Morgan fingerprint density at radius 2 is 2.00 bits per heavy atom. The molecule has 1 unspecified atom stereocenters. The Hall–Kier alpha value is -0.370. The fourth-order valence-electron chi connectivity index (χ4n) is 1.80. The molecule has 0 amide bonds. The fraction of sp³-hybridized carbons (Fsp3) is 0.769. The lowest BCUT2D eigenvalue weighted by atomic mass is 10.0. The first-order valence-electron chi connectivity index (χ1n) is 6.16. The normalized spacial score (nSPS) is 13.0. The minimum absolute atomic E-state index is 0.706. The van der Waals surface area contributed by atoms with Crippen LogP contribution in [-0.2, 0) is 0 Å². The summed E-state index contributed by atoms with van der Waals surface area (Å²) in [6.45, 7) is 6.68. The SMILES string of the molecule is CCCCCCCC(C)c1cnc(C)s1. The molecular weight excluding hydrogens is 202 g/mol. The summed E-state index contributed by atoms with van der Waals surface area (Å²) in [6.07, 6.45) is 10.3. The van der Waals surface area contributed by atoms with Crippen LogP contribution in [0.2, 0.25) is 0 Å². The highest BCUT2D eigenvalue weighted by Crippen LogP contribution is 2.26. The average molecular weight is 225 g/mol. The van der Waals surface area contributed by atoms with Crippen LogP contribution in [0, 0.1) is 6.92 Å². The van der Waals surface area contributed by atoms with E-state index in [9.17, 15) is 0 Å². The number of thiazole rings is 1. The topological polar surface area (TPSA) is 12.9 Å². The zero-order chi connectivity index (χ0) is 11.1. The highest BCUT2D eigenvalue weighted by atomic mass is 32.1. The van der Waals surface area contributed by atoms with E-state index < -0.39 is 0 Å². The van der Waals surface area contributed by atoms with Crippen LogP contribution in [0.25, 0.3) is 0 Å². The first kappa shape index (κ1) is 12.7. The summed E-state index contributed by atoms with van der Waals surface area (Å²) in [5.74, 6) is 0.706. The van der Waals surface area contributed by atoms with E-state index in [1.54, 1.807) is 0 Å². The third kappa shape index (κ3) is 4.78. The first-order chi connectivity index (χ1) is 7.24. The van der Waals surface area contributed by atoms with Gasteiger partial charge in [0.15, 0.2) is 0 Å². The van der Waals surface area contributed by atoms with Gasteiger partial charge in [-0.25, -0.2) is 4.98 Å². The van der Waals surface area contributed by atoms with Gasteiger partial charge in [-0.2, -0.15) is 0 Å². The van der Waals surface area contributed by atoms with Gasteiger partial charge in [0, 0.05) is 11.1 Å². The van der Waals surface area contributed by atoms with Crippen molar-refractivity contribution in [3.8, 4) is 0 Å². The molecule has 1 nitrogen and oxygen atoms in total. The Morgan fingerprint density at radius 1 is 1.27 bits per heavy atom. The molecule has 2 heteroatoms. The third-order valence-electron chi connectivity index (χ3n) is 2.87. The summed E-state index contributed by atoms with van der Waals surface area (Å²) in [5, 5.41) is 1.20. The van der Waals surface area contributed by atoms with Gasteiger partial charge < -0.3 is 0 Å². The molecule has 1 atom stereocenters.